The van der Waals surface area contributed by atoms with E-state index in [1.54, 1.807) is 0 Å². The minimum Gasteiger partial charge on any atom is -0.456 e. The van der Waals surface area contributed by atoms with Crippen molar-refractivity contribution in [3.8, 4) is 73.2 Å². The van der Waals surface area contributed by atoms with Crippen LogP contribution in [0.1, 0.15) is 17.7 Å². The van der Waals surface area contributed by atoms with Crippen LogP contribution in [0.4, 0.5) is 0 Å². The van der Waals surface area contributed by atoms with Crippen LogP contribution in [0.5, 0.6) is 0 Å². The Balaban J connectivity index is 1.06. The Morgan fingerprint density at radius 1 is 0.377 bits per heavy atom. The second kappa shape index (κ2) is 15.8. The Kier molecular flexibility index (Phi) is 8.92. The Morgan fingerprint density at radius 3 is 1.68 bits per heavy atom. The number of aryl methyl sites for hydroxylation is 1. The second-order valence-electron chi connectivity index (χ2n) is 17.8. The summed E-state index contributed by atoms with van der Waals surface area (Å²) in [5.74, 6) is 1.67. The van der Waals surface area contributed by atoms with E-state index in [0.717, 1.165) is 101 Å². The molecule has 0 radical (unpaired) electrons. The zero-order chi connectivity index (χ0) is 45.4. The van der Waals surface area contributed by atoms with Gasteiger partial charge in [0, 0.05) is 60.4 Å². The smallest absolute Gasteiger partial charge is 0.164 e. The van der Waals surface area contributed by atoms with Crippen LogP contribution in [0, 0.1) is 0 Å². The lowest BCUT2D eigenvalue weighted by atomic mass is 9.92. The highest BCUT2D eigenvalue weighted by Crippen LogP contribution is 2.46. The van der Waals surface area contributed by atoms with Gasteiger partial charge in [-0.3, -0.25) is 0 Å². The highest BCUT2D eigenvalue weighted by atomic mass is 16.3. The van der Waals surface area contributed by atoms with Gasteiger partial charge in [-0.15, -0.1) is 0 Å². The molecular weight excluding hydrogens is 845 g/mol. The molecule has 1 aliphatic rings. The molecular formula is C63H40N4O2. The first-order valence-electron chi connectivity index (χ1n) is 23.5. The monoisotopic (exact) mass is 884 g/mol. The average molecular weight is 885 g/mol. The normalized spacial score (nSPS) is 12.5. The van der Waals surface area contributed by atoms with Crippen LogP contribution in [0.3, 0.4) is 0 Å². The van der Waals surface area contributed by atoms with E-state index in [-0.39, 0.29) is 0 Å². The molecule has 0 saturated carbocycles. The van der Waals surface area contributed by atoms with Crippen molar-refractivity contribution < 1.29 is 8.83 Å². The van der Waals surface area contributed by atoms with E-state index in [1.807, 2.05) is 60.7 Å². The summed E-state index contributed by atoms with van der Waals surface area (Å²) in [6, 6.07) is 72.3. The number of fused-ring (bicyclic) bond motifs is 9. The Hall–Kier alpha value is -9.13. The van der Waals surface area contributed by atoms with Gasteiger partial charge in [0.2, 0.25) is 0 Å². The molecule has 6 nitrogen and oxygen atoms in total. The maximum absolute atomic E-state index is 6.41. The van der Waals surface area contributed by atoms with Gasteiger partial charge in [-0.25, -0.2) is 15.0 Å². The molecule has 324 valence electrons. The van der Waals surface area contributed by atoms with Crippen molar-refractivity contribution >= 4 is 60.9 Å². The van der Waals surface area contributed by atoms with Crippen LogP contribution in [0.15, 0.2) is 221 Å². The Morgan fingerprint density at radius 2 is 0.942 bits per heavy atom. The van der Waals surface area contributed by atoms with Crippen molar-refractivity contribution in [1.29, 1.82) is 0 Å². The number of rotatable bonds is 7. The molecule has 0 amide bonds. The minimum absolute atomic E-state index is 0.556. The number of nitrogens with zero attached hydrogens (tertiary/aromatic N) is 4. The predicted octanol–water partition coefficient (Wildman–Crippen LogP) is 16.6. The lowest BCUT2D eigenvalue weighted by molar-refractivity contribution is 0.668. The summed E-state index contributed by atoms with van der Waals surface area (Å²) < 4.78 is 15.2. The molecule has 0 spiro atoms. The van der Waals surface area contributed by atoms with Gasteiger partial charge in [-0.1, -0.05) is 152 Å². The van der Waals surface area contributed by atoms with Crippen molar-refractivity contribution in [2.75, 3.05) is 0 Å². The molecule has 0 fully saturated rings. The van der Waals surface area contributed by atoms with E-state index in [0.29, 0.717) is 17.5 Å². The predicted molar refractivity (Wildman–Crippen MR) is 281 cm³/mol. The first-order valence-corrected chi connectivity index (χ1v) is 23.5. The highest BCUT2D eigenvalue weighted by molar-refractivity contribution is 6.12. The third-order valence-electron chi connectivity index (χ3n) is 13.7. The first-order chi connectivity index (χ1) is 34.2. The summed E-state index contributed by atoms with van der Waals surface area (Å²) >= 11 is 0. The van der Waals surface area contributed by atoms with Gasteiger partial charge in [0.1, 0.15) is 22.3 Å². The molecule has 0 N–H and O–H groups in total. The van der Waals surface area contributed by atoms with E-state index < -0.39 is 0 Å². The number of hydrogen-bond donors (Lipinski definition) is 0. The standard InChI is InChI=1S/C63H40N4O2/c1-4-17-39(18-5-1)42-31-33-54-51(35-42)45-23-10-13-27-53(45)67(54)60-49(40-19-6-2-7-20-40)37-44(38-50(60)41-21-8-3-9-22-41)62-64-61(43-32-34-57-52(36-43)46-24-11-14-28-55(46)68-57)65-63(66-62)48-26-16-30-58-59(48)47-25-12-15-29-56(47)69-58/h1-9,11-22,24-38H,10,23H2. The van der Waals surface area contributed by atoms with Crippen LogP contribution in [-0.2, 0) is 6.42 Å². The molecule has 69 heavy (non-hydrogen) atoms. The average Bonchev–Trinajstić information content (AvgIpc) is 4.10. The first kappa shape index (κ1) is 39.1. The molecule has 14 rings (SSSR count). The van der Waals surface area contributed by atoms with Crippen LogP contribution in [-0.4, -0.2) is 19.5 Å². The topological polar surface area (TPSA) is 69.9 Å². The summed E-state index contributed by atoms with van der Waals surface area (Å²) in [5.41, 5.74) is 17.4. The van der Waals surface area contributed by atoms with Crippen molar-refractivity contribution in [3.05, 3.63) is 224 Å². The van der Waals surface area contributed by atoms with E-state index in [9.17, 15) is 0 Å². The Bertz CT molecular complexity index is 4120. The Labute approximate surface area is 397 Å². The van der Waals surface area contributed by atoms with Crippen LogP contribution < -0.4 is 0 Å². The quantitative estimate of drug-likeness (QED) is 0.159. The van der Waals surface area contributed by atoms with E-state index >= 15 is 0 Å². The third-order valence-corrected chi connectivity index (χ3v) is 13.7. The molecule has 6 heteroatoms. The SMILES string of the molecule is C1=Cc2c(c3cc(-c4ccccc4)ccc3n2-c2c(-c3ccccc3)cc(-c3nc(-c4ccc5oc6ccccc6c5c4)nc(-c4cccc5oc6ccccc6c45)n3)cc2-c2ccccc2)CC1. The summed E-state index contributed by atoms with van der Waals surface area (Å²) in [4.78, 5) is 16.2. The van der Waals surface area contributed by atoms with Gasteiger partial charge in [-0.2, -0.15) is 0 Å². The second-order valence-corrected chi connectivity index (χ2v) is 17.8. The number of para-hydroxylation sites is 2. The molecule has 0 aliphatic heterocycles. The number of allylic oxidation sites excluding steroid dienone is 1. The van der Waals surface area contributed by atoms with Gasteiger partial charge in [-0.05, 0) is 107 Å². The molecule has 0 bridgehead atoms. The van der Waals surface area contributed by atoms with Crippen LogP contribution in [0.2, 0.25) is 0 Å². The van der Waals surface area contributed by atoms with Crippen LogP contribution in [0.25, 0.3) is 134 Å². The lowest BCUT2D eigenvalue weighted by Gasteiger charge is -2.22. The summed E-state index contributed by atoms with van der Waals surface area (Å²) in [6.07, 6.45) is 6.59. The van der Waals surface area contributed by atoms with Gasteiger partial charge in [0.05, 0.1) is 11.2 Å². The van der Waals surface area contributed by atoms with Gasteiger partial charge < -0.3 is 13.4 Å². The fourth-order valence-electron chi connectivity index (χ4n) is 10.5. The number of hydrogen-bond acceptors (Lipinski definition) is 5. The van der Waals surface area contributed by atoms with E-state index in [2.05, 4.69) is 162 Å². The van der Waals surface area contributed by atoms with Gasteiger partial charge in [0.25, 0.3) is 0 Å². The van der Waals surface area contributed by atoms with Crippen molar-refractivity contribution in [1.82, 2.24) is 19.5 Å². The summed E-state index contributed by atoms with van der Waals surface area (Å²) in [5, 5.41) is 5.29. The van der Waals surface area contributed by atoms with E-state index in [1.165, 1.54) is 33.3 Å². The summed E-state index contributed by atoms with van der Waals surface area (Å²) in [7, 11) is 0. The fraction of sp³-hybridized carbons (Fsp3) is 0.0317. The van der Waals surface area contributed by atoms with E-state index in [4.69, 9.17) is 23.8 Å². The minimum atomic E-state index is 0.556. The summed E-state index contributed by atoms with van der Waals surface area (Å²) in [6.45, 7) is 0. The number of aromatic nitrogens is 4. The number of furan rings is 2. The van der Waals surface area contributed by atoms with Gasteiger partial charge >= 0.3 is 0 Å². The molecule has 13 aromatic rings. The van der Waals surface area contributed by atoms with Crippen molar-refractivity contribution in [2.24, 2.45) is 0 Å². The molecule has 4 heterocycles. The molecule has 0 unspecified atom stereocenters. The molecule has 9 aromatic carbocycles. The fourth-order valence-corrected chi connectivity index (χ4v) is 10.5. The largest absolute Gasteiger partial charge is 0.456 e. The maximum Gasteiger partial charge on any atom is 0.164 e. The zero-order valence-corrected chi connectivity index (χ0v) is 37.3. The molecule has 0 atom stereocenters. The van der Waals surface area contributed by atoms with Crippen molar-refractivity contribution in [3.63, 3.8) is 0 Å². The molecule has 1 aliphatic carbocycles. The third kappa shape index (κ3) is 6.45. The zero-order valence-electron chi connectivity index (χ0n) is 37.3. The van der Waals surface area contributed by atoms with Crippen molar-refractivity contribution in [2.45, 2.75) is 12.8 Å². The molecule has 4 aromatic heterocycles. The number of benzene rings is 9. The lowest BCUT2D eigenvalue weighted by Crippen LogP contribution is -2.06. The van der Waals surface area contributed by atoms with Gasteiger partial charge in [0.15, 0.2) is 17.5 Å². The highest BCUT2D eigenvalue weighted by Gasteiger charge is 2.26. The van der Waals surface area contributed by atoms with Crippen LogP contribution >= 0.6 is 0 Å². The molecule has 0 saturated heterocycles. The maximum atomic E-state index is 6.41.